The molecule has 0 radical (unpaired) electrons. The summed E-state index contributed by atoms with van der Waals surface area (Å²) in [5.74, 6) is -0.371. The van der Waals surface area contributed by atoms with E-state index in [1.54, 1.807) is 29.6 Å². The smallest absolute Gasteiger partial charge is 0.405 e. The lowest BCUT2D eigenvalue weighted by atomic mass is 10.2. The fourth-order valence-corrected chi connectivity index (χ4v) is 3.95. The first-order valence-electron chi connectivity index (χ1n) is 10.4. The Morgan fingerprint density at radius 2 is 1.67 bits per heavy atom. The lowest BCUT2D eigenvalue weighted by Crippen LogP contribution is -2.33. The molecule has 0 heterocycles. The Labute approximate surface area is 192 Å². The number of hydrogen-bond acceptors (Lipinski definition) is 5. The normalized spacial score (nSPS) is 12.1. The van der Waals surface area contributed by atoms with Crippen LogP contribution < -0.4 is 14.8 Å². The Hall–Kier alpha value is -2.63. The number of benzene rings is 2. The highest BCUT2D eigenvalue weighted by molar-refractivity contribution is 7.89. The molecule has 0 atom stereocenters. The second-order valence-electron chi connectivity index (χ2n) is 7.13. The van der Waals surface area contributed by atoms with Crippen molar-refractivity contribution in [1.82, 2.24) is 14.9 Å². The fraction of sp³-hybridized carbons (Fsp3) is 0.409. The van der Waals surface area contributed by atoms with Crippen molar-refractivity contribution in [3.63, 3.8) is 0 Å². The first-order valence-corrected chi connectivity index (χ1v) is 11.9. The first-order chi connectivity index (χ1) is 15.6. The highest BCUT2D eigenvalue weighted by Gasteiger charge is 2.28. The minimum atomic E-state index is -4.53. The van der Waals surface area contributed by atoms with E-state index in [2.05, 4.69) is 23.5 Å². The molecule has 0 saturated carbocycles. The van der Waals surface area contributed by atoms with Crippen molar-refractivity contribution in [2.24, 2.45) is 0 Å². The third-order valence-electron chi connectivity index (χ3n) is 4.86. The molecule has 0 aliphatic heterocycles. The van der Waals surface area contributed by atoms with E-state index in [4.69, 9.17) is 4.74 Å². The van der Waals surface area contributed by atoms with Gasteiger partial charge in [-0.2, -0.15) is 13.2 Å². The zero-order valence-electron chi connectivity index (χ0n) is 18.5. The summed E-state index contributed by atoms with van der Waals surface area (Å²) in [6, 6.07) is 11.7. The summed E-state index contributed by atoms with van der Waals surface area (Å²) in [5.41, 5.74) is 0.578. The van der Waals surface area contributed by atoms with Crippen molar-refractivity contribution in [2.75, 3.05) is 32.8 Å². The predicted octanol–water partition coefficient (Wildman–Crippen LogP) is 3.18. The minimum absolute atomic E-state index is 0.0163. The fourth-order valence-electron chi connectivity index (χ4n) is 2.94. The summed E-state index contributed by atoms with van der Waals surface area (Å²) in [6.07, 6.45) is -4.53. The molecular formula is C22H28F3N3O4S. The maximum Gasteiger partial charge on any atom is 0.405 e. The van der Waals surface area contributed by atoms with Gasteiger partial charge in [0.1, 0.15) is 18.9 Å². The number of nitrogens with zero attached hydrogens (tertiary/aromatic N) is 1. The van der Waals surface area contributed by atoms with Gasteiger partial charge in [-0.15, -0.1) is 0 Å². The third kappa shape index (κ3) is 8.67. The van der Waals surface area contributed by atoms with Crippen LogP contribution in [-0.4, -0.2) is 58.2 Å². The van der Waals surface area contributed by atoms with Crippen LogP contribution in [0.15, 0.2) is 53.4 Å². The average Bonchev–Trinajstić information content (AvgIpc) is 2.79. The van der Waals surface area contributed by atoms with Crippen LogP contribution in [0, 0.1) is 0 Å². The molecule has 33 heavy (non-hydrogen) atoms. The molecule has 2 aromatic rings. The summed E-state index contributed by atoms with van der Waals surface area (Å²) < 4.78 is 70.3. The Morgan fingerprint density at radius 3 is 2.27 bits per heavy atom. The molecule has 0 aliphatic rings. The molecule has 2 aromatic carbocycles. The standard InChI is InChI=1S/C22H28F3N3O4S/c1-3-28(4-2)13-14-32-20-8-6-5-7-18(20)15-27-33(30,31)19-11-9-17(10-12-19)21(29)26-16-22(23,24)25/h5-12,27H,3-4,13-16H2,1-2H3,(H,26,29). The van der Waals surface area contributed by atoms with Crippen LogP contribution in [0.5, 0.6) is 5.75 Å². The van der Waals surface area contributed by atoms with Gasteiger partial charge in [-0.25, -0.2) is 13.1 Å². The van der Waals surface area contributed by atoms with E-state index in [-0.39, 0.29) is 17.0 Å². The number of hydrogen-bond donors (Lipinski definition) is 2. The maximum atomic E-state index is 12.6. The van der Waals surface area contributed by atoms with Gasteiger partial charge >= 0.3 is 6.18 Å². The van der Waals surface area contributed by atoms with E-state index < -0.39 is 28.7 Å². The van der Waals surface area contributed by atoms with Gasteiger partial charge in [0.2, 0.25) is 10.0 Å². The molecule has 0 saturated heterocycles. The number of sulfonamides is 1. The molecular weight excluding hydrogens is 459 g/mol. The zero-order chi connectivity index (χ0) is 24.5. The largest absolute Gasteiger partial charge is 0.492 e. The van der Waals surface area contributed by atoms with Crippen LogP contribution in [0.2, 0.25) is 0 Å². The van der Waals surface area contributed by atoms with Gasteiger partial charge in [0, 0.05) is 24.2 Å². The number of para-hydroxylation sites is 1. The number of amides is 1. The third-order valence-corrected chi connectivity index (χ3v) is 6.28. The second kappa shape index (κ2) is 12.0. The molecule has 2 N–H and O–H groups in total. The van der Waals surface area contributed by atoms with Gasteiger partial charge in [-0.05, 0) is 43.4 Å². The molecule has 1 amide bonds. The summed E-state index contributed by atoms with van der Waals surface area (Å²) >= 11 is 0. The van der Waals surface area contributed by atoms with Gasteiger partial charge in [-0.1, -0.05) is 32.0 Å². The molecule has 0 aromatic heterocycles. The van der Waals surface area contributed by atoms with Crippen LogP contribution in [0.4, 0.5) is 13.2 Å². The highest BCUT2D eigenvalue weighted by Crippen LogP contribution is 2.19. The Balaban J connectivity index is 1.99. The Morgan fingerprint density at radius 1 is 1.03 bits per heavy atom. The molecule has 2 rings (SSSR count). The van der Waals surface area contributed by atoms with Crippen LogP contribution in [0.1, 0.15) is 29.8 Å². The minimum Gasteiger partial charge on any atom is -0.492 e. The van der Waals surface area contributed by atoms with Crippen molar-refractivity contribution in [2.45, 2.75) is 31.5 Å². The van der Waals surface area contributed by atoms with Crippen molar-refractivity contribution >= 4 is 15.9 Å². The van der Waals surface area contributed by atoms with Crippen molar-refractivity contribution in [1.29, 1.82) is 0 Å². The number of halogens is 3. The van der Waals surface area contributed by atoms with Gasteiger partial charge < -0.3 is 15.0 Å². The lowest BCUT2D eigenvalue weighted by molar-refractivity contribution is -0.123. The summed E-state index contributed by atoms with van der Waals surface area (Å²) in [6.45, 7) is 5.66. The van der Waals surface area contributed by atoms with Crippen molar-refractivity contribution in [3.05, 3.63) is 59.7 Å². The summed E-state index contributed by atoms with van der Waals surface area (Å²) in [5, 5.41) is 1.74. The zero-order valence-corrected chi connectivity index (χ0v) is 19.3. The summed E-state index contributed by atoms with van der Waals surface area (Å²) in [7, 11) is -3.92. The molecule has 0 spiro atoms. The predicted molar refractivity (Wildman–Crippen MR) is 119 cm³/mol. The van der Waals surface area contributed by atoms with Gasteiger partial charge in [0.25, 0.3) is 5.91 Å². The van der Waals surface area contributed by atoms with E-state index in [1.807, 2.05) is 0 Å². The maximum absolute atomic E-state index is 12.6. The number of nitrogens with one attached hydrogen (secondary N) is 2. The molecule has 0 aliphatic carbocycles. The van der Waals surface area contributed by atoms with Gasteiger partial charge in [-0.3, -0.25) is 4.79 Å². The number of rotatable bonds is 12. The average molecular weight is 488 g/mol. The van der Waals surface area contributed by atoms with E-state index in [0.29, 0.717) is 17.9 Å². The number of carbonyl (C=O) groups excluding carboxylic acids is 1. The van der Waals surface area contributed by atoms with E-state index in [1.165, 1.54) is 0 Å². The highest BCUT2D eigenvalue weighted by atomic mass is 32.2. The van der Waals surface area contributed by atoms with E-state index >= 15 is 0 Å². The molecule has 0 bridgehead atoms. The van der Waals surface area contributed by atoms with Crippen molar-refractivity contribution in [3.8, 4) is 5.75 Å². The molecule has 11 heteroatoms. The number of carbonyl (C=O) groups is 1. The number of alkyl halides is 3. The van der Waals surface area contributed by atoms with Crippen LogP contribution in [0.25, 0.3) is 0 Å². The molecule has 0 unspecified atom stereocenters. The molecule has 0 fully saturated rings. The Bertz CT molecular complexity index is 1010. The first kappa shape index (κ1) is 26.6. The molecule has 7 nitrogen and oxygen atoms in total. The Kier molecular flexibility index (Phi) is 9.69. The summed E-state index contributed by atoms with van der Waals surface area (Å²) in [4.78, 5) is 13.9. The van der Waals surface area contributed by atoms with E-state index in [0.717, 1.165) is 43.9 Å². The number of likely N-dealkylation sites (N-methyl/N-ethyl adjacent to an activating group) is 1. The van der Waals surface area contributed by atoms with Crippen LogP contribution in [-0.2, 0) is 16.6 Å². The number of ether oxygens (including phenoxy) is 1. The molecule has 182 valence electrons. The van der Waals surface area contributed by atoms with Crippen LogP contribution >= 0.6 is 0 Å². The van der Waals surface area contributed by atoms with Gasteiger partial charge in [0.15, 0.2) is 0 Å². The van der Waals surface area contributed by atoms with Crippen molar-refractivity contribution < 1.29 is 31.1 Å². The lowest BCUT2D eigenvalue weighted by Gasteiger charge is -2.19. The monoisotopic (exact) mass is 487 g/mol. The quantitative estimate of drug-likeness (QED) is 0.480. The van der Waals surface area contributed by atoms with Crippen LogP contribution in [0.3, 0.4) is 0 Å². The van der Waals surface area contributed by atoms with Gasteiger partial charge in [0.05, 0.1) is 4.90 Å². The second-order valence-corrected chi connectivity index (χ2v) is 8.90. The van der Waals surface area contributed by atoms with E-state index in [9.17, 15) is 26.4 Å². The topological polar surface area (TPSA) is 87.7 Å². The SMILES string of the molecule is CCN(CC)CCOc1ccccc1CNS(=O)(=O)c1ccc(C(=O)NCC(F)(F)F)cc1.